The molecular weight excluding hydrogens is 208 g/mol. The van der Waals surface area contributed by atoms with Gasteiger partial charge in [-0.1, -0.05) is 0 Å². The molecule has 0 spiro atoms. The molecule has 0 aromatic carbocycles. The highest BCUT2D eigenvalue weighted by Crippen LogP contribution is 2.22. The van der Waals surface area contributed by atoms with Gasteiger partial charge in [-0.2, -0.15) is 0 Å². The van der Waals surface area contributed by atoms with Crippen molar-refractivity contribution in [3.8, 4) is 0 Å². The molecular formula is C9H11F2NO3. The molecule has 0 aliphatic rings. The van der Waals surface area contributed by atoms with E-state index in [2.05, 4.69) is 4.74 Å². The molecule has 4 nitrogen and oxygen atoms in total. The first kappa shape index (κ1) is 11.6. The quantitative estimate of drug-likeness (QED) is 0.775. The number of aliphatic hydroxyl groups is 1. The van der Waals surface area contributed by atoms with Crippen LogP contribution in [0.5, 0.6) is 0 Å². The summed E-state index contributed by atoms with van der Waals surface area (Å²) in [4.78, 5) is 11.1. The third kappa shape index (κ3) is 2.33. The minimum atomic E-state index is -2.88. The van der Waals surface area contributed by atoms with E-state index in [-0.39, 0.29) is 11.3 Å². The van der Waals surface area contributed by atoms with Gasteiger partial charge in [0.2, 0.25) is 0 Å². The maximum Gasteiger partial charge on any atom is 0.354 e. The van der Waals surface area contributed by atoms with E-state index < -0.39 is 18.5 Å². The lowest BCUT2D eigenvalue weighted by molar-refractivity contribution is -0.00579. The molecule has 0 saturated carbocycles. The summed E-state index contributed by atoms with van der Waals surface area (Å²) in [6.45, 7) is 0. The van der Waals surface area contributed by atoms with Crippen molar-refractivity contribution in [1.82, 2.24) is 4.57 Å². The van der Waals surface area contributed by atoms with Crippen LogP contribution in [0.15, 0.2) is 12.3 Å². The number of carbonyl (C=O) groups excluding carboxylic acids is 1. The Labute approximate surface area is 85.1 Å². The van der Waals surface area contributed by atoms with E-state index in [1.807, 2.05) is 0 Å². The molecule has 6 heteroatoms. The number of hydrogen-bond acceptors (Lipinski definition) is 3. The number of methoxy groups -OCH3 is 1. The first-order valence-corrected chi connectivity index (χ1v) is 4.18. The van der Waals surface area contributed by atoms with Gasteiger partial charge in [0.05, 0.1) is 7.11 Å². The minimum Gasteiger partial charge on any atom is -0.464 e. The van der Waals surface area contributed by atoms with E-state index in [1.54, 1.807) is 0 Å². The SMILES string of the molecule is COC(=O)c1cc(C(O)C(F)F)cn1C. The average molecular weight is 219 g/mol. The van der Waals surface area contributed by atoms with Crippen LogP contribution in [0.2, 0.25) is 0 Å². The van der Waals surface area contributed by atoms with Crippen molar-refractivity contribution in [3.05, 3.63) is 23.5 Å². The van der Waals surface area contributed by atoms with Crippen LogP contribution in [0.1, 0.15) is 22.2 Å². The smallest absolute Gasteiger partial charge is 0.354 e. The maximum absolute atomic E-state index is 12.2. The highest BCUT2D eigenvalue weighted by atomic mass is 19.3. The van der Waals surface area contributed by atoms with E-state index in [0.717, 1.165) is 0 Å². The standard InChI is InChI=1S/C9H11F2NO3/c1-12-4-5(7(13)8(10)11)3-6(12)9(14)15-2/h3-4,7-8,13H,1-2H3. The zero-order chi connectivity index (χ0) is 11.6. The lowest BCUT2D eigenvalue weighted by Gasteiger charge is -2.05. The second kappa shape index (κ2) is 4.39. The first-order valence-electron chi connectivity index (χ1n) is 4.18. The van der Waals surface area contributed by atoms with Gasteiger partial charge in [0.25, 0.3) is 6.43 Å². The molecule has 0 saturated heterocycles. The Hall–Kier alpha value is -1.43. The third-order valence-corrected chi connectivity index (χ3v) is 2.00. The zero-order valence-electron chi connectivity index (χ0n) is 8.28. The normalized spacial score (nSPS) is 12.9. The number of aryl methyl sites for hydroxylation is 1. The Balaban J connectivity index is 3.00. The summed E-state index contributed by atoms with van der Waals surface area (Å²) in [6, 6.07) is 1.18. The van der Waals surface area contributed by atoms with E-state index in [1.165, 1.54) is 31.0 Å². The molecule has 1 unspecified atom stereocenters. The summed E-state index contributed by atoms with van der Waals surface area (Å²) in [5, 5.41) is 9.07. The molecule has 0 aliphatic heterocycles. The summed E-state index contributed by atoms with van der Waals surface area (Å²) >= 11 is 0. The van der Waals surface area contributed by atoms with Crippen LogP contribution in [0.25, 0.3) is 0 Å². The second-order valence-electron chi connectivity index (χ2n) is 3.04. The van der Waals surface area contributed by atoms with E-state index >= 15 is 0 Å². The van der Waals surface area contributed by atoms with Crippen molar-refractivity contribution in [3.63, 3.8) is 0 Å². The minimum absolute atomic E-state index is 0.00657. The molecule has 0 radical (unpaired) electrons. The third-order valence-electron chi connectivity index (χ3n) is 2.00. The number of halogens is 2. The molecule has 1 N–H and O–H groups in total. The fourth-order valence-electron chi connectivity index (χ4n) is 1.20. The van der Waals surface area contributed by atoms with Crippen molar-refractivity contribution in [2.75, 3.05) is 7.11 Å². The Kier molecular flexibility index (Phi) is 3.41. The number of rotatable bonds is 3. The molecule has 1 rings (SSSR count). The molecule has 84 valence electrons. The lowest BCUT2D eigenvalue weighted by atomic mass is 10.2. The van der Waals surface area contributed by atoms with Crippen molar-refractivity contribution in [2.45, 2.75) is 12.5 Å². The predicted molar refractivity (Wildman–Crippen MR) is 47.7 cm³/mol. The van der Waals surface area contributed by atoms with Gasteiger partial charge in [0.15, 0.2) is 0 Å². The molecule has 1 heterocycles. The van der Waals surface area contributed by atoms with Crippen molar-refractivity contribution in [2.24, 2.45) is 7.05 Å². The van der Waals surface area contributed by atoms with Gasteiger partial charge in [-0.05, 0) is 6.07 Å². The summed E-state index contributed by atoms with van der Waals surface area (Å²) in [6.07, 6.45) is -3.49. The highest BCUT2D eigenvalue weighted by molar-refractivity contribution is 5.87. The zero-order valence-corrected chi connectivity index (χ0v) is 8.28. The Morgan fingerprint density at radius 3 is 2.67 bits per heavy atom. The molecule has 0 aliphatic carbocycles. The number of carbonyl (C=O) groups is 1. The summed E-state index contributed by atoms with van der Waals surface area (Å²) in [7, 11) is 2.70. The monoisotopic (exact) mass is 219 g/mol. The number of aromatic nitrogens is 1. The van der Waals surface area contributed by atoms with E-state index in [0.29, 0.717) is 0 Å². The lowest BCUT2D eigenvalue weighted by Crippen LogP contribution is -2.07. The van der Waals surface area contributed by atoms with Crippen LogP contribution in [0.4, 0.5) is 8.78 Å². The van der Waals surface area contributed by atoms with Gasteiger partial charge >= 0.3 is 5.97 Å². The number of alkyl halides is 2. The van der Waals surface area contributed by atoms with Crippen LogP contribution in [0, 0.1) is 0 Å². The van der Waals surface area contributed by atoms with Crippen molar-refractivity contribution in [1.29, 1.82) is 0 Å². The molecule has 1 aromatic rings. The molecule has 0 amide bonds. The molecule has 1 aromatic heterocycles. The number of ether oxygens (including phenoxy) is 1. The summed E-state index contributed by atoms with van der Waals surface area (Å²) in [5.41, 5.74) is 0.111. The number of aliphatic hydroxyl groups excluding tert-OH is 1. The number of nitrogens with zero attached hydrogens (tertiary/aromatic N) is 1. The van der Waals surface area contributed by atoms with E-state index in [4.69, 9.17) is 5.11 Å². The molecule has 1 atom stereocenters. The van der Waals surface area contributed by atoms with Crippen LogP contribution >= 0.6 is 0 Å². The maximum atomic E-state index is 12.2. The van der Waals surface area contributed by atoms with Crippen LogP contribution < -0.4 is 0 Å². The van der Waals surface area contributed by atoms with Crippen LogP contribution in [0.3, 0.4) is 0 Å². The largest absolute Gasteiger partial charge is 0.464 e. The van der Waals surface area contributed by atoms with Gasteiger partial charge in [-0.25, -0.2) is 13.6 Å². The second-order valence-corrected chi connectivity index (χ2v) is 3.04. The van der Waals surface area contributed by atoms with E-state index in [9.17, 15) is 13.6 Å². The summed E-state index contributed by atoms with van der Waals surface area (Å²) in [5.74, 6) is -0.634. The van der Waals surface area contributed by atoms with Crippen LogP contribution in [-0.4, -0.2) is 29.2 Å². The van der Waals surface area contributed by atoms with Gasteiger partial charge < -0.3 is 14.4 Å². The van der Waals surface area contributed by atoms with Gasteiger partial charge in [0, 0.05) is 18.8 Å². The first-order chi connectivity index (χ1) is 6.97. The van der Waals surface area contributed by atoms with Crippen LogP contribution in [-0.2, 0) is 11.8 Å². The summed E-state index contributed by atoms with van der Waals surface area (Å²) < 4.78 is 30.1. The fourth-order valence-corrected chi connectivity index (χ4v) is 1.20. The molecule has 15 heavy (non-hydrogen) atoms. The average Bonchev–Trinajstić information content (AvgIpc) is 2.57. The topological polar surface area (TPSA) is 51.5 Å². The highest BCUT2D eigenvalue weighted by Gasteiger charge is 2.23. The Bertz CT molecular complexity index is 362. The van der Waals surface area contributed by atoms with Gasteiger partial charge in [0.1, 0.15) is 11.8 Å². The predicted octanol–water partition coefficient (Wildman–Crippen LogP) is 1.11. The fraction of sp³-hybridized carbons (Fsp3) is 0.444. The van der Waals surface area contributed by atoms with Crippen molar-refractivity contribution >= 4 is 5.97 Å². The Morgan fingerprint density at radius 2 is 2.20 bits per heavy atom. The van der Waals surface area contributed by atoms with Crippen molar-refractivity contribution < 1.29 is 23.4 Å². The van der Waals surface area contributed by atoms with Gasteiger partial charge in [-0.15, -0.1) is 0 Å². The molecule has 0 fully saturated rings. The Morgan fingerprint density at radius 1 is 1.60 bits per heavy atom. The van der Waals surface area contributed by atoms with Gasteiger partial charge in [-0.3, -0.25) is 0 Å². The number of hydrogen-bond donors (Lipinski definition) is 1. The molecule has 0 bridgehead atoms. The number of esters is 1.